The Kier molecular flexibility index (Phi) is 3.69. The van der Waals surface area contributed by atoms with Crippen LogP contribution >= 0.6 is 22.7 Å². The molecule has 0 aliphatic carbocycles. The first-order valence-electron chi connectivity index (χ1n) is 8.57. The third-order valence-electron chi connectivity index (χ3n) is 4.87. The van der Waals surface area contributed by atoms with Gasteiger partial charge < -0.3 is 9.30 Å². The van der Waals surface area contributed by atoms with E-state index in [0.29, 0.717) is 5.69 Å². The van der Waals surface area contributed by atoms with E-state index < -0.39 is 0 Å². The second-order valence-electron chi connectivity index (χ2n) is 6.56. The van der Waals surface area contributed by atoms with Gasteiger partial charge in [0.1, 0.15) is 11.3 Å². The third-order valence-corrected chi connectivity index (χ3v) is 6.80. The minimum atomic E-state index is -0.0101. The van der Waals surface area contributed by atoms with Crippen LogP contribution in [0.25, 0.3) is 5.65 Å². The topological polar surface area (TPSA) is 37.6 Å². The van der Waals surface area contributed by atoms with Crippen LogP contribution in [0.3, 0.4) is 0 Å². The summed E-state index contributed by atoms with van der Waals surface area (Å²) in [4.78, 5) is 22.5. The van der Waals surface area contributed by atoms with E-state index in [1.54, 1.807) is 22.7 Å². The normalized spacial score (nSPS) is 16.8. The fourth-order valence-corrected chi connectivity index (χ4v) is 5.38. The summed E-state index contributed by atoms with van der Waals surface area (Å²) < 4.78 is 1.92. The number of nitrogens with zero attached hydrogens (tertiary/aromatic N) is 3. The number of hydrogen-bond acceptors (Lipinski definition) is 4. The summed E-state index contributed by atoms with van der Waals surface area (Å²) in [6, 6.07) is 10.4. The van der Waals surface area contributed by atoms with Crippen LogP contribution in [0.5, 0.6) is 0 Å². The zero-order valence-corrected chi connectivity index (χ0v) is 15.9. The average Bonchev–Trinajstić information content (AvgIpc) is 3.38. The van der Waals surface area contributed by atoms with Crippen molar-refractivity contribution in [1.29, 1.82) is 0 Å². The molecule has 5 rings (SSSR count). The van der Waals surface area contributed by atoms with Gasteiger partial charge in [0.25, 0.3) is 5.91 Å². The minimum absolute atomic E-state index is 0.00148. The van der Waals surface area contributed by atoms with Gasteiger partial charge in [0, 0.05) is 28.7 Å². The number of aromatic nitrogens is 2. The summed E-state index contributed by atoms with van der Waals surface area (Å²) in [6.45, 7) is 2.76. The van der Waals surface area contributed by atoms with E-state index in [0.717, 1.165) is 24.2 Å². The molecule has 0 saturated heterocycles. The van der Waals surface area contributed by atoms with Crippen molar-refractivity contribution in [3.05, 3.63) is 80.1 Å². The number of pyridine rings is 1. The SMILES string of the molecule is Cc1ccn2cc(C(=O)N3CCc4sccc4[C@@H]3c3cccs3)nc2c1. The highest BCUT2D eigenvalue weighted by Crippen LogP contribution is 2.40. The van der Waals surface area contributed by atoms with Gasteiger partial charge in [-0.15, -0.1) is 22.7 Å². The van der Waals surface area contributed by atoms with Crippen molar-refractivity contribution >= 4 is 34.2 Å². The zero-order valence-electron chi connectivity index (χ0n) is 14.3. The van der Waals surface area contributed by atoms with Crippen molar-refractivity contribution in [1.82, 2.24) is 14.3 Å². The first kappa shape index (κ1) is 15.8. The van der Waals surface area contributed by atoms with Crippen LogP contribution in [0.4, 0.5) is 0 Å². The molecule has 0 unspecified atom stereocenters. The Hall–Kier alpha value is -2.44. The van der Waals surface area contributed by atoms with E-state index in [1.807, 2.05) is 40.8 Å². The number of rotatable bonds is 2. The molecule has 0 bridgehead atoms. The molecule has 4 aromatic rings. The molecular weight excluding hydrogens is 362 g/mol. The number of aryl methyl sites for hydroxylation is 1. The molecule has 0 spiro atoms. The van der Waals surface area contributed by atoms with Gasteiger partial charge in [0.15, 0.2) is 0 Å². The van der Waals surface area contributed by atoms with E-state index in [1.165, 1.54) is 15.3 Å². The predicted molar refractivity (Wildman–Crippen MR) is 105 cm³/mol. The molecule has 4 nitrogen and oxygen atoms in total. The van der Waals surface area contributed by atoms with Crippen LogP contribution in [0.1, 0.15) is 37.4 Å². The molecule has 4 aromatic heterocycles. The molecule has 0 N–H and O–H groups in total. The summed E-state index contributed by atoms with van der Waals surface area (Å²) >= 11 is 3.49. The Morgan fingerprint density at radius 3 is 3.00 bits per heavy atom. The maximum atomic E-state index is 13.3. The lowest BCUT2D eigenvalue weighted by Crippen LogP contribution is -2.39. The molecule has 1 amide bonds. The number of carbonyl (C=O) groups is 1. The van der Waals surface area contributed by atoms with E-state index >= 15 is 0 Å². The van der Waals surface area contributed by atoms with Crippen LogP contribution in [-0.4, -0.2) is 26.7 Å². The summed E-state index contributed by atoms with van der Waals surface area (Å²) in [7, 11) is 0. The molecule has 0 fully saturated rings. The van der Waals surface area contributed by atoms with Crippen molar-refractivity contribution in [3.63, 3.8) is 0 Å². The number of imidazole rings is 1. The molecule has 5 heterocycles. The molecule has 130 valence electrons. The van der Waals surface area contributed by atoms with Gasteiger partial charge in [-0.3, -0.25) is 4.79 Å². The second-order valence-corrected chi connectivity index (χ2v) is 8.54. The minimum Gasteiger partial charge on any atom is -0.325 e. The van der Waals surface area contributed by atoms with Gasteiger partial charge in [0.2, 0.25) is 0 Å². The summed E-state index contributed by atoms with van der Waals surface area (Å²) in [5.74, 6) is 0.00148. The summed E-state index contributed by atoms with van der Waals surface area (Å²) in [6.07, 6.45) is 4.71. The first-order chi connectivity index (χ1) is 12.7. The van der Waals surface area contributed by atoms with Crippen molar-refractivity contribution in [2.24, 2.45) is 0 Å². The van der Waals surface area contributed by atoms with Gasteiger partial charge in [-0.05, 0) is 59.5 Å². The Morgan fingerprint density at radius 2 is 2.15 bits per heavy atom. The fourth-order valence-electron chi connectivity index (χ4n) is 3.62. The summed E-state index contributed by atoms with van der Waals surface area (Å²) in [5.41, 5.74) is 3.72. The van der Waals surface area contributed by atoms with E-state index in [2.05, 4.69) is 33.9 Å². The Balaban J connectivity index is 1.57. The smallest absolute Gasteiger partial charge is 0.274 e. The third kappa shape index (κ3) is 2.48. The first-order valence-corrected chi connectivity index (χ1v) is 10.3. The lowest BCUT2D eigenvalue weighted by atomic mass is 9.98. The van der Waals surface area contributed by atoms with Gasteiger partial charge in [-0.1, -0.05) is 6.07 Å². The van der Waals surface area contributed by atoms with E-state index in [-0.39, 0.29) is 11.9 Å². The lowest BCUT2D eigenvalue weighted by molar-refractivity contribution is 0.0693. The van der Waals surface area contributed by atoms with Crippen LogP contribution in [-0.2, 0) is 6.42 Å². The Morgan fingerprint density at radius 1 is 1.23 bits per heavy atom. The molecule has 0 saturated carbocycles. The molecule has 1 aliphatic heterocycles. The largest absolute Gasteiger partial charge is 0.325 e. The maximum absolute atomic E-state index is 13.3. The van der Waals surface area contributed by atoms with Crippen LogP contribution in [0, 0.1) is 6.92 Å². The maximum Gasteiger partial charge on any atom is 0.274 e. The number of thiophene rings is 2. The molecule has 0 radical (unpaired) electrons. The van der Waals surface area contributed by atoms with Crippen LogP contribution < -0.4 is 0 Å². The predicted octanol–water partition coefficient (Wildman–Crippen LogP) is 4.55. The molecule has 0 aromatic carbocycles. The molecular formula is C20H17N3OS2. The quantitative estimate of drug-likeness (QED) is 0.512. The van der Waals surface area contributed by atoms with Gasteiger partial charge in [-0.2, -0.15) is 0 Å². The Bertz CT molecular complexity index is 1090. The highest BCUT2D eigenvalue weighted by molar-refractivity contribution is 7.10. The van der Waals surface area contributed by atoms with E-state index in [9.17, 15) is 4.79 Å². The molecule has 6 heteroatoms. The fraction of sp³-hybridized carbons (Fsp3) is 0.200. The van der Waals surface area contributed by atoms with E-state index in [4.69, 9.17) is 0 Å². The highest BCUT2D eigenvalue weighted by atomic mass is 32.1. The Labute approximate surface area is 159 Å². The van der Waals surface area contributed by atoms with Crippen molar-refractivity contribution in [2.75, 3.05) is 6.54 Å². The van der Waals surface area contributed by atoms with Crippen molar-refractivity contribution < 1.29 is 4.79 Å². The molecule has 1 aliphatic rings. The second kappa shape index (κ2) is 6.07. The van der Waals surface area contributed by atoms with Gasteiger partial charge in [0.05, 0.1) is 6.04 Å². The zero-order chi connectivity index (χ0) is 17.7. The molecule has 1 atom stereocenters. The van der Waals surface area contributed by atoms with Gasteiger partial charge in [-0.25, -0.2) is 4.98 Å². The highest BCUT2D eigenvalue weighted by Gasteiger charge is 2.34. The average molecular weight is 380 g/mol. The number of fused-ring (bicyclic) bond motifs is 2. The van der Waals surface area contributed by atoms with Crippen LogP contribution in [0.15, 0.2) is 53.5 Å². The monoisotopic (exact) mass is 379 g/mol. The van der Waals surface area contributed by atoms with Crippen LogP contribution in [0.2, 0.25) is 0 Å². The standard InChI is InChI=1S/C20H17N3OS2/c1-13-4-7-22-12-15(21-18(22)11-13)20(24)23-8-5-16-14(6-10-26-16)19(23)17-3-2-9-25-17/h2-4,6-7,9-12,19H,5,8H2,1H3/t19-/m1/s1. The molecule has 26 heavy (non-hydrogen) atoms. The number of amides is 1. The van der Waals surface area contributed by atoms with Gasteiger partial charge >= 0.3 is 0 Å². The van der Waals surface area contributed by atoms with Crippen molar-refractivity contribution in [3.8, 4) is 0 Å². The van der Waals surface area contributed by atoms with Crippen molar-refractivity contribution in [2.45, 2.75) is 19.4 Å². The summed E-state index contributed by atoms with van der Waals surface area (Å²) in [5, 5.41) is 4.21. The lowest BCUT2D eigenvalue weighted by Gasteiger charge is -2.35. The number of hydrogen-bond donors (Lipinski definition) is 0. The number of carbonyl (C=O) groups excluding carboxylic acids is 1.